The van der Waals surface area contributed by atoms with Gasteiger partial charge in [0.15, 0.2) is 0 Å². The lowest BCUT2D eigenvalue weighted by Crippen LogP contribution is -2.07. The van der Waals surface area contributed by atoms with Crippen LogP contribution in [0, 0.1) is 12.7 Å². The first-order valence-electron chi connectivity index (χ1n) is 3.63. The second-order valence-corrected chi connectivity index (χ2v) is 2.74. The third-order valence-electron chi connectivity index (χ3n) is 1.80. The molecule has 12 heavy (non-hydrogen) atoms. The Bertz CT molecular complexity index is 261. The molecule has 0 bridgehead atoms. The molecule has 0 saturated carbocycles. The second-order valence-electron chi connectivity index (χ2n) is 2.74. The minimum Gasteiger partial charge on any atom is -0.324 e. The molecular weight excluding hydrogens is 177 g/mol. The molecule has 0 aliphatic rings. The fourth-order valence-corrected chi connectivity index (χ4v) is 1.12. The van der Waals surface area contributed by atoms with E-state index in [2.05, 4.69) is 0 Å². The van der Waals surface area contributed by atoms with E-state index < -0.39 is 0 Å². The van der Waals surface area contributed by atoms with Gasteiger partial charge in [-0.1, -0.05) is 12.1 Å². The van der Waals surface area contributed by atoms with Crippen molar-refractivity contribution in [3.05, 3.63) is 35.1 Å². The quantitative estimate of drug-likeness (QED) is 0.722. The minimum atomic E-state index is -0.181. The van der Waals surface area contributed by atoms with Crippen LogP contribution < -0.4 is 5.73 Å². The molecular formula is C9H13ClFN. The van der Waals surface area contributed by atoms with Crippen LogP contribution in [0.4, 0.5) is 4.39 Å². The molecule has 0 unspecified atom stereocenters. The van der Waals surface area contributed by atoms with E-state index in [1.54, 1.807) is 13.0 Å². The summed E-state index contributed by atoms with van der Waals surface area (Å²) in [6.07, 6.45) is 0. The zero-order valence-corrected chi connectivity index (χ0v) is 7.99. The maximum absolute atomic E-state index is 12.9. The van der Waals surface area contributed by atoms with Crippen molar-refractivity contribution in [2.75, 3.05) is 0 Å². The van der Waals surface area contributed by atoms with Crippen LogP contribution in [0.5, 0.6) is 0 Å². The van der Waals surface area contributed by atoms with Gasteiger partial charge < -0.3 is 5.73 Å². The van der Waals surface area contributed by atoms with Crippen LogP contribution in [0.15, 0.2) is 18.2 Å². The summed E-state index contributed by atoms with van der Waals surface area (Å²) in [5.41, 5.74) is 7.15. The van der Waals surface area contributed by atoms with Gasteiger partial charge >= 0.3 is 0 Å². The summed E-state index contributed by atoms with van der Waals surface area (Å²) in [6.45, 7) is 3.59. The van der Waals surface area contributed by atoms with Crippen molar-refractivity contribution in [3.8, 4) is 0 Å². The molecule has 0 aromatic heterocycles. The highest BCUT2D eigenvalue weighted by atomic mass is 35.5. The van der Waals surface area contributed by atoms with E-state index in [1.807, 2.05) is 13.0 Å². The first-order chi connectivity index (χ1) is 5.13. The molecule has 1 aromatic carbocycles. The summed E-state index contributed by atoms with van der Waals surface area (Å²) in [5.74, 6) is -0.181. The largest absolute Gasteiger partial charge is 0.324 e. The Morgan fingerprint density at radius 1 is 1.42 bits per heavy atom. The predicted octanol–water partition coefficient (Wildman–Crippen LogP) is 2.58. The molecule has 68 valence electrons. The maximum Gasteiger partial charge on any atom is 0.126 e. The lowest BCUT2D eigenvalue weighted by atomic mass is 10.0. The predicted molar refractivity (Wildman–Crippen MR) is 51.0 cm³/mol. The van der Waals surface area contributed by atoms with E-state index in [-0.39, 0.29) is 24.3 Å². The van der Waals surface area contributed by atoms with Gasteiger partial charge in [-0.3, -0.25) is 0 Å². The summed E-state index contributed by atoms with van der Waals surface area (Å²) in [5, 5.41) is 0. The molecule has 0 radical (unpaired) electrons. The van der Waals surface area contributed by atoms with E-state index in [4.69, 9.17) is 5.73 Å². The van der Waals surface area contributed by atoms with Crippen LogP contribution in [-0.4, -0.2) is 0 Å². The minimum absolute atomic E-state index is 0. The van der Waals surface area contributed by atoms with Gasteiger partial charge in [0.1, 0.15) is 5.82 Å². The van der Waals surface area contributed by atoms with Crippen LogP contribution in [0.25, 0.3) is 0 Å². The van der Waals surface area contributed by atoms with Crippen LogP contribution in [0.1, 0.15) is 24.1 Å². The van der Waals surface area contributed by atoms with Gasteiger partial charge in [-0.15, -0.1) is 12.4 Å². The summed E-state index contributed by atoms with van der Waals surface area (Å²) in [4.78, 5) is 0. The van der Waals surface area contributed by atoms with E-state index in [0.29, 0.717) is 5.56 Å². The Balaban J connectivity index is 0.00000121. The number of hydrogen-bond acceptors (Lipinski definition) is 1. The molecule has 0 spiro atoms. The van der Waals surface area contributed by atoms with Gasteiger partial charge in [-0.2, -0.15) is 0 Å². The van der Waals surface area contributed by atoms with Crippen LogP contribution in [0.2, 0.25) is 0 Å². The number of benzene rings is 1. The van der Waals surface area contributed by atoms with Crippen molar-refractivity contribution in [1.29, 1.82) is 0 Å². The molecule has 1 aromatic rings. The van der Waals surface area contributed by atoms with Crippen molar-refractivity contribution in [1.82, 2.24) is 0 Å². The molecule has 0 fully saturated rings. The Labute approximate surface area is 78.2 Å². The lowest BCUT2D eigenvalue weighted by Gasteiger charge is -2.09. The van der Waals surface area contributed by atoms with E-state index in [0.717, 1.165) is 5.56 Å². The summed E-state index contributed by atoms with van der Waals surface area (Å²) in [6, 6.07) is 4.89. The molecule has 0 heterocycles. The third-order valence-corrected chi connectivity index (χ3v) is 1.80. The van der Waals surface area contributed by atoms with E-state index >= 15 is 0 Å². The molecule has 2 N–H and O–H groups in total. The van der Waals surface area contributed by atoms with Gasteiger partial charge in [0.2, 0.25) is 0 Å². The van der Waals surface area contributed by atoms with Crippen LogP contribution in [0.3, 0.4) is 0 Å². The van der Waals surface area contributed by atoms with Gasteiger partial charge in [0.25, 0.3) is 0 Å². The molecule has 1 nitrogen and oxygen atoms in total. The van der Waals surface area contributed by atoms with E-state index in [1.165, 1.54) is 6.07 Å². The van der Waals surface area contributed by atoms with Crippen molar-refractivity contribution >= 4 is 12.4 Å². The Morgan fingerprint density at radius 2 is 2.00 bits per heavy atom. The van der Waals surface area contributed by atoms with Crippen molar-refractivity contribution < 1.29 is 4.39 Å². The molecule has 0 aliphatic carbocycles. The summed E-state index contributed by atoms with van der Waals surface area (Å²) in [7, 11) is 0. The molecule has 1 atom stereocenters. The van der Waals surface area contributed by atoms with Crippen molar-refractivity contribution in [2.24, 2.45) is 5.73 Å². The number of halogens is 2. The SMILES string of the molecule is Cc1c(F)cccc1[C@@H](C)N.Cl. The number of nitrogens with two attached hydrogens (primary N) is 1. The maximum atomic E-state index is 12.9. The highest BCUT2D eigenvalue weighted by Gasteiger charge is 2.05. The van der Waals surface area contributed by atoms with E-state index in [9.17, 15) is 4.39 Å². The first kappa shape index (κ1) is 11.4. The van der Waals surface area contributed by atoms with Gasteiger partial charge in [-0.05, 0) is 31.0 Å². The molecule has 0 aliphatic heterocycles. The average Bonchev–Trinajstić information content (AvgIpc) is 1.94. The van der Waals surface area contributed by atoms with Gasteiger partial charge in [-0.25, -0.2) is 4.39 Å². The zero-order valence-electron chi connectivity index (χ0n) is 7.17. The Hall–Kier alpha value is -0.600. The standard InChI is InChI=1S/C9H12FN.ClH/c1-6-8(7(2)11)4-3-5-9(6)10;/h3-5,7H,11H2,1-2H3;1H/t7-;/m1./s1. The fraction of sp³-hybridized carbons (Fsp3) is 0.333. The average molecular weight is 190 g/mol. The van der Waals surface area contributed by atoms with Gasteiger partial charge in [0.05, 0.1) is 0 Å². The Morgan fingerprint density at radius 3 is 2.42 bits per heavy atom. The number of rotatable bonds is 1. The monoisotopic (exact) mass is 189 g/mol. The van der Waals surface area contributed by atoms with Gasteiger partial charge in [0, 0.05) is 6.04 Å². The second kappa shape index (κ2) is 4.43. The summed E-state index contributed by atoms with van der Waals surface area (Å²) < 4.78 is 12.9. The lowest BCUT2D eigenvalue weighted by molar-refractivity contribution is 0.611. The molecule has 0 saturated heterocycles. The Kier molecular flexibility index (Phi) is 4.21. The molecule has 1 rings (SSSR count). The summed E-state index contributed by atoms with van der Waals surface area (Å²) >= 11 is 0. The molecule has 3 heteroatoms. The normalized spacial score (nSPS) is 12.0. The highest BCUT2D eigenvalue weighted by Crippen LogP contribution is 2.17. The first-order valence-corrected chi connectivity index (χ1v) is 3.63. The fourth-order valence-electron chi connectivity index (χ4n) is 1.12. The van der Waals surface area contributed by atoms with Crippen molar-refractivity contribution in [3.63, 3.8) is 0 Å². The van der Waals surface area contributed by atoms with Crippen LogP contribution >= 0.6 is 12.4 Å². The van der Waals surface area contributed by atoms with Crippen LogP contribution in [-0.2, 0) is 0 Å². The highest BCUT2D eigenvalue weighted by molar-refractivity contribution is 5.85. The topological polar surface area (TPSA) is 26.0 Å². The van der Waals surface area contributed by atoms with Crippen molar-refractivity contribution in [2.45, 2.75) is 19.9 Å². The molecule has 0 amide bonds. The zero-order chi connectivity index (χ0) is 8.43. The number of hydrogen-bond donors (Lipinski definition) is 1. The smallest absolute Gasteiger partial charge is 0.126 e. The third kappa shape index (κ3) is 2.19.